The number of carbonyl (C=O) groups excluding carboxylic acids is 1. The molecule has 1 amide bonds. The average molecular weight is 402 g/mol. The van der Waals surface area contributed by atoms with E-state index in [1.807, 2.05) is 47.4 Å². The van der Waals surface area contributed by atoms with Crippen LogP contribution in [0.4, 0.5) is 0 Å². The number of aromatic nitrogens is 2. The monoisotopic (exact) mass is 401 g/mol. The first-order chi connectivity index (χ1) is 14.5. The van der Waals surface area contributed by atoms with Gasteiger partial charge in [0.25, 0.3) is 5.91 Å². The van der Waals surface area contributed by atoms with E-state index in [0.717, 1.165) is 40.8 Å². The number of hydrogen-bond acceptors (Lipinski definition) is 3. The lowest BCUT2D eigenvalue weighted by atomic mass is 9.90. The molecular weight excluding hydrogens is 374 g/mol. The predicted octanol–water partition coefficient (Wildman–Crippen LogP) is 4.28. The molecule has 2 N–H and O–H groups in total. The van der Waals surface area contributed by atoms with Crippen LogP contribution in [0.1, 0.15) is 59.1 Å². The molecule has 1 aliphatic carbocycles. The third kappa shape index (κ3) is 3.14. The van der Waals surface area contributed by atoms with Crippen LogP contribution >= 0.6 is 0 Å². The quantitative estimate of drug-likeness (QED) is 0.670. The van der Waals surface area contributed by atoms with Gasteiger partial charge in [0.1, 0.15) is 0 Å². The summed E-state index contributed by atoms with van der Waals surface area (Å²) in [5.41, 5.74) is 7.73. The van der Waals surface area contributed by atoms with Gasteiger partial charge < -0.3 is 10.0 Å². The third-order valence-corrected chi connectivity index (χ3v) is 6.44. The summed E-state index contributed by atoms with van der Waals surface area (Å²) < 4.78 is 0. The molecule has 2 heterocycles. The zero-order valence-electron chi connectivity index (χ0n) is 17.5. The molecule has 0 fully saturated rings. The normalized spacial score (nSPS) is 17.8. The maximum Gasteiger partial charge on any atom is 0.255 e. The van der Waals surface area contributed by atoms with Crippen molar-refractivity contribution >= 4 is 5.91 Å². The molecule has 0 saturated heterocycles. The van der Waals surface area contributed by atoms with E-state index >= 15 is 0 Å². The van der Waals surface area contributed by atoms with Crippen LogP contribution in [0.5, 0.6) is 0 Å². The number of rotatable bonds is 5. The molecule has 5 heteroatoms. The topological polar surface area (TPSA) is 69.2 Å². The number of aromatic amines is 1. The van der Waals surface area contributed by atoms with Crippen molar-refractivity contribution in [1.29, 1.82) is 0 Å². The molecular formula is C25H27N3O2. The number of benzene rings is 2. The van der Waals surface area contributed by atoms with Crippen LogP contribution in [0.2, 0.25) is 0 Å². The van der Waals surface area contributed by atoms with E-state index in [2.05, 4.69) is 30.1 Å². The number of nitrogens with one attached hydrogen (secondary N) is 1. The summed E-state index contributed by atoms with van der Waals surface area (Å²) in [6.45, 7) is 5.17. The van der Waals surface area contributed by atoms with Gasteiger partial charge in [-0.3, -0.25) is 9.89 Å². The zero-order valence-corrected chi connectivity index (χ0v) is 17.5. The van der Waals surface area contributed by atoms with E-state index in [-0.39, 0.29) is 24.0 Å². The van der Waals surface area contributed by atoms with Crippen molar-refractivity contribution in [2.75, 3.05) is 6.61 Å². The largest absolute Gasteiger partial charge is 0.396 e. The molecule has 0 bridgehead atoms. The lowest BCUT2D eigenvalue weighted by Gasteiger charge is -2.27. The van der Waals surface area contributed by atoms with Gasteiger partial charge >= 0.3 is 0 Å². The van der Waals surface area contributed by atoms with Gasteiger partial charge in [0.05, 0.1) is 11.7 Å². The van der Waals surface area contributed by atoms with Gasteiger partial charge in [-0.05, 0) is 47.9 Å². The highest BCUT2D eigenvalue weighted by atomic mass is 16.3. The Morgan fingerprint density at radius 3 is 2.73 bits per heavy atom. The Bertz CT molecular complexity index is 1100. The highest BCUT2D eigenvalue weighted by Crippen LogP contribution is 2.41. The Morgan fingerprint density at radius 2 is 1.97 bits per heavy atom. The number of hydrogen-bond donors (Lipinski definition) is 2. The molecule has 1 atom stereocenters. The maximum atomic E-state index is 13.2. The van der Waals surface area contributed by atoms with Gasteiger partial charge in [-0.25, -0.2) is 0 Å². The highest BCUT2D eigenvalue weighted by molar-refractivity contribution is 5.99. The van der Waals surface area contributed by atoms with Crippen LogP contribution < -0.4 is 0 Å². The number of aliphatic hydroxyl groups excluding tert-OH is 1. The van der Waals surface area contributed by atoms with E-state index in [1.54, 1.807) is 0 Å². The molecule has 5 nitrogen and oxygen atoms in total. The minimum absolute atomic E-state index is 0.0345. The molecule has 0 spiro atoms. The fraction of sp³-hybridized carbons (Fsp3) is 0.360. The van der Waals surface area contributed by atoms with Gasteiger partial charge in [0.15, 0.2) is 0 Å². The first-order valence-corrected chi connectivity index (χ1v) is 10.6. The molecule has 0 saturated carbocycles. The molecule has 5 rings (SSSR count). The average Bonchev–Trinajstić information content (AvgIpc) is 3.36. The first kappa shape index (κ1) is 19.1. The van der Waals surface area contributed by atoms with Crippen LogP contribution in [-0.4, -0.2) is 32.7 Å². The van der Waals surface area contributed by atoms with Gasteiger partial charge in [-0.15, -0.1) is 0 Å². The van der Waals surface area contributed by atoms with E-state index in [9.17, 15) is 9.90 Å². The third-order valence-electron chi connectivity index (χ3n) is 6.44. The number of carbonyl (C=O) groups is 1. The Morgan fingerprint density at radius 1 is 1.17 bits per heavy atom. The minimum Gasteiger partial charge on any atom is -0.396 e. The van der Waals surface area contributed by atoms with E-state index in [4.69, 9.17) is 0 Å². The van der Waals surface area contributed by atoms with E-state index < -0.39 is 0 Å². The van der Waals surface area contributed by atoms with Gasteiger partial charge in [-0.2, -0.15) is 5.10 Å². The molecule has 154 valence electrons. The molecule has 30 heavy (non-hydrogen) atoms. The van der Waals surface area contributed by atoms with Crippen molar-refractivity contribution in [2.45, 2.75) is 45.7 Å². The summed E-state index contributed by atoms with van der Waals surface area (Å²) in [6.07, 6.45) is 2.56. The number of amides is 1. The van der Waals surface area contributed by atoms with Crippen LogP contribution in [-0.2, 0) is 19.4 Å². The highest BCUT2D eigenvalue weighted by Gasteiger charge is 2.35. The molecule has 2 aliphatic rings. The van der Waals surface area contributed by atoms with E-state index in [1.165, 1.54) is 11.3 Å². The lowest BCUT2D eigenvalue weighted by molar-refractivity contribution is 0.0671. The molecule has 3 aromatic rings. The van der Waals surface area contributed by atoms with Crippen LogP contribution in [0.25, 0.3) is 11.3 Å². The molecule has 2 aromatic carbocycles. The Hall–Kier alpha value is -2.92. The van der Waals surface area contributed by atoms with Crippen molar-refractivity contribution in [2.24, 2.45) is 5.41 Å². The molecule has 0 radical (unpaired) electrons. The summed E-state index contributed by atoms with van der Waals surface area (Å²) in [7, 11) is 0. The minimum atomic E-state index is -0.130. The Balaban J connectivity index is 1.47. The summed E-state index contributed by atoms with van der Waals surface area (Å²) in [5.74, 6) is 0.0345. The SMILES string of the molecule is CC1(C)Cc2[nH]nc(-c3ccc4c(c3)CN(C(CCO)c3ccccc3)C4=O)c2C1. The van der Waals surface area contributed by atoms with Crippen LogP contribution in [0, 0.1) is 5.41 Å². The van der Waals surface area contributed by atoms with Crippen molar-refractivity contribution < 1.29 is 9.90 Å². The van der Waals surface area contributed by atoms with Crippen molar-refractivity contribution in [3.63, 3.8) is 0 Å². The lowest BCUT2D eigenvalue weighted by Crippen LogP contribution is -2.29. The summed E-state index contributed by atoms with van der Waals surface area (Å²) >= 11 is 0. The second-order valence-corrected chi connectivity index (χ2v) is 9.29. The smallest absolute Gasteiger partial charge is 0.255 e. The Kier molecular flexibility index (Phi) is 4.51. The number of H-pyrrole nitrogens is 1. The predicted molar refractivity (Wildman–Crippen MR) is 116 cm³/mol. The fourth-order valence-corrected chi connectivity index (χ4v) is 5.04. The number of nitrogens with zero attached hydrogens (tertiary/aromatic N) is 2. The number of fused-ring (bicyclic) bond motifs is 2. The van der Waals surface area contributed by atoms with Crippen LogP contribution in [0.15, 0.2) is 48.5 Å². The van der Waals surface area contributed by atoms with Crippen molar-refractivity contribution in [3.05, 3.63) is 76.5 Å². The molecule has 1 aromatic heterocycles. The Labute approximate surface area is 176 Å². The number of aliphatic hydroxyl groups is 1. The van der Waals surface area contributed by atoms with Gasteiger partial charge in [-0.1, -0.05) is 50.2 Å². The molecule has 1 unspecified atom stereocenters. The van der Waals surface area contributed by atoms with Crippen molar-refractivity contribution in [3.8, 4) is 11.3 Å². The van der Waals surface area contributed by atoms with E-state index in [0.29, 0.717) is 13.0 Å². The van der Waals surface area contributed by atoms with Crippen LogP contribution in [0.3, 0.4) is 0 Å². The van der Waals surface area contributed by atoms with Gasteiger partial charge in [0.2, 0.25) is 0 Å². The second kappa shape index (κ2) is 7.10. The maximum absolute atomic E-state index is 13.2. The summed E-state index contributed by atoms with van der Waals surface area (Å²) in [4.78, 5) is 15.1. The first-order valence-electron chi connectivity index (χ1n) is 10.6. The standard InChI is InChI=1S/C25H27N3O2/c1-25(2)13-20-21(14-25)26-27-23(20)17-8-9-19-18(12-17)15-28(24(19)30)22(10-11-29)16-6-4-3-5-7-16/h3-9,12,22,29H,10-11,13-15H2,1-2H3,(H,26,27). The summed E-state index contributed by atoms with van der Waals surface area (Å²) in [5, 5.41) is 17.4. The van der Waals surface area contributed by atoms with Crippen molar-refractivity contribution in [1.82, 2.24) is 15.1 Å². The second-order valence-electron chi connectivity index (χ2n) is 9.29. The zero-order chi connectivity index (χ0) is 20.9. The summed E-state index contributed by atoms with van der Waals surface area (Å²) in [6, 6.07) is 15.9. The fourth-order valence-electron chi connectivity index (χ4n) is 5.04. The van der Waals surface area contributed by atoms with Gasteiger partial charge in [0, 0.05) is 35.5 Å². The molecule has 1 aliphatic heterocycles.